The number of fused-ring (bicyclic) bond motifs is 1. The summed E-state index contributed by atoms with van der Waals surface area (Å²) in [6.07, 6.45) is 5.15. The van der Waals surface area contributed by atoms with Gasteiger partial charge in [-0.05, 0) is 37.1 Å². The number of nitrogens with zero attached hydrogens (tertiary/aromatic N) is 4. The number of amides is 2. The van der Waals surface area contributed by atoms with Crippen LogP contribution in [-0.4, -0.2) is 62.9 Å². The van der Waals surface area contributed by atoms with E-state index in [-0.39, 0.29) is 52.2 Å². The number of alkyl halides is 3. The van der Waals surface area contributed by atoms with Gasteiger partial charge in [0.1, 0.15) is 17.0 Å². The van der Waals surface area contributed by atoms with E-state index in [9.17, 15) is 27.9 Å². The van der Waals surface area contributed by atoms with Crippen molar-refractivity contribution in [3.05, 3.63) is 41.4 Å². The highest BCUT2D eigenvalue weighted by Crippen LogP contribution is 2.37. The second-order valence-electron chi connectivity index (χ2n) is 8.61. The molecule has 2 amide bonds. The smallest absolute Gasteiger partial charge is 0.433 e. The molecule has 3 heterocycles. The van der Waals surface area contributed by atoms with Gasteiger partial charge in [-0.1, -0.05) is 13.8 Å². The maximum absolute atomic E-state index is 13.2. The molecule has 1 saturated heterocycles. The number of hydrogen-bond donors (Lipinski definition) is 2. The fraction of sp³-hybridized carbons (Fsp3) is 0.407. The molecule has 2 aromatic heterocycles. The summed E-state index contributed by atoms with van der Waals surface area (Å²) in [7, 11) is 0. The lowest BCUT2D eigenvalue weighted by molar-refractivity contribution is -0.141. The quantitative estimate of drug-likeness (QED) is 0.474. The van der Waals surface area contributed by atoms with Gasteiger partial charge in [0.15, 0.2) is 11.5 Å². The van der Waals surface area contributed by atoms with E-state index in [1.807, 2.05) is 13.8 Å². The van der Waals surface area contributed by atoms with Crippen LogP contribution in [0.1, 0.15) is 48.6 Å². The number of phenols is 1. The summed E-state index contributed by atoms with van der Waals surface area (Å²) in [5.74, 6) is -0.494. The Balaban J connectivity index is 0.00000100. The van der Waals surface area contributed by atoms with Crippen LogP contribution in [0.3, 0.4) is 0 Å². The summed E-state index contributed by atoms with van der Waals surface area (Å²) in [6, 6.07) is 4.58. The number of aromatic hydroxyl groups is 1. The van der Waals surface area contributed by atoms with Crippen molar-refractivity contribution in [1.29, 1.82) is 0 Å². The van der Waals surface area contributed by atoms with Crippen molar-refractivity contribution < 1.29 is 32.3 Å². The van der Waals surface area contributed by atoms with E-state index < -0.39 is 23.5 Å². The number of piperazine rings is 1. The molecule has 5 rings (SSSR count). The molecule has 0 bridgehead atoms. The zero-order chi connectivity index (χ0) is 28.9. The third kappa shape index (κ3) is 6.15. The summed E-state index contributed by atoms with van der Waals surface area (Å²) >= 11 is 0. The summed E-state index contributed by atoms with van der Waals surface area (Å²) in [5, 5.41) is 10.3. The average Bonchev–Trinajstić information content (AvgIpc) is 3.73. The molecule has 3 aromatic rings. The number of nitrogens with two attached hydrogens (primary N) is 1. The third-order valence-electron chi connectivity index (χ3n) is 6.25. The standard InChI is InChI=1S/C23H22F3N5O4.C2H6.C2H2/c24-23(25,26)17-6-4-13-14(3-5-15(32)18(13)28-17)20-29-19(16(11-27)35-20)22(34)31-9-7-30(8-10-31)21(33)12-1-2-12;2*1-2/h3-6,12,32H,1-2,7-11,27H2;1-2H3;1-2H. The third-order valence-corrected chi connectivity index (χ3v) is 6.25. The number of terminal acetylenes is 1. The number of rotatable bonds is 4. The first kappa shape index (κ1) is 29.4. The molecule has 0 spiro atoms. The van der Waals surface area contributed by atoms with Crippen LogP contribution in [-0.2, 0) is 17.5 Å². The van der Waals surface area contributed by atoms with Gasteiger partial charge in [-0.25, -0.2) is 9.97 Å². The van der Waals surface area contributed by atoms with Gasteiger partial charge in [0.2, 0.25) is 11.8 Å². The van der Waals surface area contributed by atoms with Crippen LogP contribution in [0.25, 0.3) is 22.4 Å². The molecule has 1 aliphatic heterocycles. The minimum Gasteiger partial charge on any atom is -0.506 e. The molecule has 9 nitrogen and oxygen atoms in total. The zero-order valence-corrected chi connectivity index (χ0v) is 21.7. The first-order valence-electron chi connectivity index (χ1n) is 12.5. The predicted molar refractivity (Wildman–Crippen MR) is 138 cm³/mol. The van der Waals surface area contributed by atoms with Crippen molar-refractivity contribution in [1.82, 2.24) is 19.8 Å². The minimum absolute atomic E-state index is 0.00515. The molecule has 3 N–H and O–H groups in total. The second kappa shape index (κ2) is 12.2. The summed E-state index contributed by atoms with van der Waals surface area (Å²) in [6.45, 7) is 5.42. The number of benzene rings is 1. The number of oxazole rings is 1. The summed E-state index contributed by atoms with van der Waals surface area (Å²) in [5.41, 5.74) is 4.62. The SMILES string of the molecule is C#C.CC.NCc1oc(-c2ccc(O)c3nc(C(F)(F)F)ccc23)nc1C(=O)N1CCN(C(=O)C2CC2)CC1. The molecule has 2 fully saturated rings. The van der Waals surface area contributed by atoms with Crippen LogP contribution in [0, 0.1) is 18.8 Å². The Morgan fingerprint density at radius 1 is 1.05 bits per heavy atom. The first-order valence-corrected chi connectivity index (χ1v) is 12.5. The van der Waals surface area contributed by atoms with Crippen molar-refractivity contribution in [2.75, 3.05) is 26.2 Å². The predicted octanol–water partition coefficient (Wildman–Crippen LogP) is 4.04. The maximum Gasteiger partial charge on any atom is 0.433 e. The Bertz CT molecular complexity index is 1360. The van der Waals surface area contributed by atoms with Gasteiger partial charge in [0.05, 0.1) is 6.54 Å². The maximum atomic E-state index is 13.2. The largest absolute Gasteiger partial charge is 0.506 e. The molecule has 1 saturated carbocycles. The lowest BCUT2D eigenvalue weighted by Crippen LogP contribution is -2.51. The van der Waals surface area contributed by atoms with Crippen LogP contribution in [0.2, 0.25) is 0 Å². The van der Waals surface area contributed by atoms with Crippen LogP contribution in [0.5, 0.6) is 5.75 Å². The fourth-order valence-electron chi connectivity index (χ4n) is 4.19. The van der Waals surface area contributed by atoms with Gasteiger partial charge in [-0.2, -0.15) is 13.2 Å². The number of phenolic OH excluding ortho intramolecular Hbond substituents is 1. The van der Waals surface area contributed by atoms with Crippen molar-refractivity contribution in [3.63, 3.8) is 0 Å². The van der Waals surface area contributed by atoms with Gasteiger partial charge in [0, 0.05) is 43.0 Å². The van der Waals surface area contributed by atoms with E-state index in [1.165, 1.54) is 18.2 Å². The average molecular weight is 546 g/mol. The highest BCUT2D eigenvalue weighted by molar-refractivity contribution is 5.98. The normalized spacial score (nSPS) is 15.2. The molecule has 1 aliphatic carbocycles. The molecule has 0 radical (unpaired) electrons. The van der Waals surface area contributed by atoms with Crippen LogP contribution >= 0.6 is 0 Å². The van der Waals surface area contributed by atoms with Crippen LogP contribution in [0.4, 0.5) is 13.2 Å². The number of aromatic nitrogens is 2. The molecule has 0 unspecified atom stereocenters. The number of carbonyl (C=O) groups is 2. The molecule has 39 heavy (non-hydrogen) atoms. The number of carbonyl (C=O) groups excluding carboxylic acids is 2. The molecule has 0 atom stereocenters. The monoisotopic (exact) mass is 545 g/mol. The Morgan fingerprint density at radius 3 is 2.23 bits per heavy atom. The van der Waals surface area contributed by atoms with Crippen LogP contribution < -0.4 is 5.73 Å². The van der Waals surface area contributed by atoms with E-state index in [4.69, 9.17) is 10.2 Å². The first-order chi connectivity index (χ1) is 18.7. The van der Waals surface area contributed by atoms with E-state index in [0.29, 0.717) is 26.2 Å². The van der Waals surface area contributed by atoms with Gasteiger partial charge < -0.3 is 25.1 Å². The minimum atomic E-state index is -4.68. The molecule has 208 valence electrons. The molecular weight excluding hydrogens is 515 g/mol. The number of pyridine rings is 1. The van der Waals surface area contributed by atoms with Crippen molar-refractivity contribution in [2.45, 2.75) is 39.4 Å². The van der Waals surface area contributed by atoms with Gasteiger partial charge in [-0.15, -0.1) is 12.8 Å². The van der Waals surface area contributed by atoms with Gasteiger partial charge >= 0.3 is 6.18 Å². The molecular formula is C27H30F3N5O4. The zero-order valence-electron chi connectivity index (χ0n) is 21.7. The van der Waals surface area contributed by atoms with E-state index in [0.717, 1.165) is 18.9 Å². The second-order valence-corrected chi connectivity index (χ2v) is 8.61. The molecule has 1 aromatic carbocycles. The van der Waals surface area contributed by atoms with Gasteiger partial charge in [-0.3, -0.25) is 9.59 Å². The summed E-state index contributed by atoms with van der Waals surface area (Å²) < 4.78 is 45.0. The van der Waals surface area contributed by atoms with E-state index >= 15 is 0 Å². The molecule has 2 aliphatic rings. The molecule has 12 heteroatoms. The fourth-order valence-corrected chi connectivity index (χ4v) is 4.19. The number of hydrogen-bond acceptors (Lipinski definition) is 7. The number of halogens is 3. The lowest BCUT2D eigenvalue weighted by Gasteiger charge is -2.34. The lowest BCUT2D eigenvalue weighted by atomic mass is 10.1. The Morgan fingerprint density at radius 2 is 1.67 bits per heavy atom. The van der Waals surface area contributed by atoms with Crippen LogP contribution in [0.15, 0.2) is 28.7 Å². The van der Waals surface area contributed by atoms with Gasteiger partial charge in [0.25, 0.3) is 5.91 Å². The highest BCUT2D eigenvalue weighted by atomic mass is 19.4. The summed E-state index contributed by atoms with van der Waals surface area (Å²) in [4.78, 5) is 36.7. The Hall–Kier alpha value is -4.11. The van der Waals surface area contributed by atoms with Crippen molar-refractivity contribution in [3.8, 4) is 30.1 Å². The van der Waals surface area contributed by atoms with E-state index in [1.54, 1.807) is 9.80 Å². The van der Waals surface area contributed by atoms with Crippen molar-refractivity contribution in [2.24, 2.45) is 11.7 Å². The van der Waals surface area contributed by atoms with E-state index in [2.05, 4.69) is 22.8 Å². The highest BCUT2D eigenvalue weighted by Gasteiger charge is 2.36. The Labute approximate surface area is 223 Å². The Kier molecular flexibility index (Phi) is 9.19. The topological polar surface area (TPSA) is 126 Å². The van der Waals surface area contributed by atoms with Crippen molar-refractivity contribution >= 4 is 22.7 Å².